The summed E-state index contributed by atoms with van der Waals surface area (Å²) in [6, 6.07) is -2.22. The number of hydrogen-bond donors (Lipinski definition) is 6. The van der Waals surface area contributed by atoms with Gasteiger partial charge in [0.25, 0.3) is 0 Å². The first-order valence-electron chi connectivity index (χ1n) is 6.09. The molecule has 10 nitrogen and oxygen atoms in total. The van der Waals surface area contributed by atoms with Crippen molar-refractivity contribution in [2.45, 2.75) is 31.7 Å². The van der Waals surface area contributed by atoms with Gasteiger partial charge in [0.2, 0.25) is 11.8 Å². The lowest BCUT2D eigenvalue weighted by Gasteiger charge is -2.23. The Bertz CT molecular complexity index is 449. The molecule has 122 valence electrons. The van der Waals surface area contributed by atoms with E-state index in [1.807, 2.05) is 5.32 Å². The number of Topliss-reactive ketones (excluding diaryl/α,β-unsaturated/α-hetero) is 1. The van der Waals surface area contributed by atoms with Crippen LogP contribution in [-0.2, 0) is 18.9 Å². The van der Waals surface area contributed by atoms with Gasteiger partial charge in [0.1, 0.15) is 0 Å². The van der Waals surface area contributed by atoms with Crippen LogP contribution < -0.4 is 21.7 Å². The highest BCUT2D eigenvalue weighted by atomic mass is 31.2. The molecule has 0 aliphatic heterocycles. The Morgan fingerprint density at radius 2 is 1.71 bits per heavy atom. The van der Waals surface area contributed by atoms with E-state index in [0.717, 1.165) is 0 Å². The van der Waals surface area contributed by atoms with Crippen LogP contribution in [0.2, 0.25) is 0 Å². The predicted octanol–water partition coefficient (Wildman–Crippen LogP) is -2.75. The monoisotopic (exact) mass is 324 g/mol. The topological polar surface area (TPSA) is 171 Å². The summed E-state index contributed by atoms with van der Waals surface area (Å²) >= 11 is 0. The Kier molecular flexibility index (Phi) is 7.69. The van der Waals surface area contributed by atoms with Crippen molar-refractivity contribution < 1.29 is 28.7 Å². The third-order valence-electron chi connectivity index (χ3n) is 2.44. The second-order valence-electron chi connectivity index (χ2n) is 4.51. The molecule has 0 saturated heterocycles. The van der Waals surface area contributed by atoms with Gasteiger partial charge in [-0.3, -0.25) is 18.9 Å². The maximum Gasteiger partial charge on any atom is 0.355 e. The van der Waals surface area contributed by atoms with E-state index in [2.05, 4.69) is 10.6 Å². The number of hydrogen-bond acceptors (Lipinski definition) is 6. The fraction of sp³-hybridized carbons (Fsp3) is 0.700. The van der Waals surface area contributed by atoms with Crippen LogP contribution in [0.3, 0.4) is 0 Å². The van der Waals surface area contributed by atoms with Gasteiger partial charge in [0.05, 0.1) is 18.6 Å². The van der Waals surface area contributed by atoms with E-state index in [-0.39, 0.29) is 6.54 Å². The number of nitrogens with two attached hydrogens (primary N) is 1. The number of nitrogens with one attached hydrogen (secondary N) is 3. The summed E-state index contributed by atoms with van der Waals surface area (Å²) in [7, 11) is -3.42. The van der Waals surface area contributed by atoms with E-state index in [1.54, 1.807) is 0 Å². The first-order chi connectivity index (χ1) is 9.50. The van der Waals surface area contributed by atoms with Gasteiger partial charge in [-0.05, 0) is 20.9 Å². The van der Waals surface area contributed by atoms with Gasteiger partial charge in [-0.15, -0.1) is 0 Å². The van der Waals surface area contributed by atoms with Crippen LogP contribution in [0.15, 0.2) is 0 Å². The fourth-order valence-electron chi connectivity index (χ4n) is 1.35. The van der Waals surface area contributed by atoms with E-state index >= 15 is 0 Å². The van der Waals surface area contributed by atoms with Gasteiger partial charge < -0.3 is 31.5 Å². The van der Waals surface area contributed by atoms with Gasteiger partial charge in [-0.1, -0.05) is 0 Å². The third-order valence-corrected chi connectivity index (χ3v) is 3.50. The minimum absolute atomic E-state index is 0.0651. The minimum Gasteiger partial charge on any atom is -0.345 e. The highest BCUT2D eigenvalue weighted by molar-refractivity contribution is 7.53. The summed E-state index contributed by atoms with van der Waals surface area (Å²) in [5.41, 5.74) is 5.27. The number of likely N-dealkylation sites (N-methyl/N-ethyl adjacent to an activating group) is 1. The molecule has 7 N–H and O–H groups in total. The van der Waals surface area contributed by atoms with E-state index in [0.29, 0.717) is 0 Å². The number of carbonyl (C=O) groups excluding carboxylic acids is 3. The molecule has 0 aromatic rings. The SMILES string of the molecule is CNCC(=O)N[C@@H](C)C(=O)C(NC(=O)[C@H](C)N)P(=O)(O)O. The van der Waals surface area contributed by atoms with E-state index < -0.39 is 43.1 Å². The molecule has 0 saturated carbocycles. The van der Waals surface area contributed by atoms with Crippen molar-refractivity contribution >= 4 is 25.2 Å². The van der Waals surface area contributed by atoms with Gasteiger partial charge in [0, 0.05) is 0 Å². The zero-order chi connectivity index (χ0) is 16.8. The Labute approximate surface area is 122 Å². The molecular weight excluding hydrogens is 303 g/mol. The molecule has 0 rings (SSSR count). The molecular formula is C10H21N4O6P. The van der Waals surface area contributed by atoms with Crippen molar-refractivity contribution in [1.29, 1.82) is 0 Å². The van der Waals surface area contributed by atoms with Crippen LogP contribution in [-0.4, -0.2) is 58.8 Å². The Morgan fingerprint density at radius 3 is 2.10 bits per heavy atom. The molecule has 1 unspecified atom stereocenters. The van der Waals surface area contributed by atoms with Crippen LogP contribution in [0.1, 0.15) is 13.8 Å². The average Bonchev–Trinajstić information content (AvgIpc) is 2.33. The zero-order valence-electron chi connectivity index (χ0n) is 12.0. The van der Waals surface area contributed by atoms with Crippen molar-refractivity contribution in [2.75, 3.05) is 13.6 Å². The van der Waals surface area contributed by atoms with Crippen molar-refractivity contribution in [2.24, 2.45) is 5.73 Å². The smallest absolute Gasteiger partial charge is 0.345 e. The zero-order valence-corrected chi connectivity index (χ0v) is 12.9. The number of rotatable bonds is 8. The number of carbonyl (C=O) groups is 3. The molecule has 0 aliphatic rings. The lowest BCUT2D eigenvalue weighted by molar-refractivity contribution is -0.129. The maximum absolute atomic E-state index is 12.0. The van der Waals surface area contributed by atoms with E-state index in [4.69, 9.17) is 5.73 Å². The molecule has 0 heterocycles. The third kappa shape index (κ3) is 6.78. The summed E-state index contributed by atoms with van der Waals surface area (Å²) in [6.45, 7) is 2.50. The van der Waals surface area contributed by atoms with Gasteiger partial charge in [0.15, 0.2) is 11.6 Å². The summed E-state index contributed by atoms with van der Waals surface area (Å²) in [5, 5.41) is 6.71. The largest absolute Gasteiger partial charge is 0.355 e. The van der Waals surface area contributed by atoms with Crippen LogP contribution >= 0.6 is 7.60 Å². The molecule has 21 heavy (non-hydrogen) atoms. The van der Waals surface area contributed by atoms with Gasteiger partial charge in [-0.2, -0.15) is 0 Å². The Balaban J connectivity index is 5.01. The molecule has 2 amide bonds. The molecule has 0 aromatic heterocycles. The number of amides is 2. The lowest BCUT2D eigenvalue weighted by atomic mass is 10.2. The summed E-state index contributed by atoms with van der Waals surface area (Å²) in [5.74, 6) is -4.48. The standard InChI is InChI=1S/C10H21N4O6P/c1-5(11)9(17)14-10(21(18,19)20)8(16)6(2)13-7(15)4-12-3/h5-6,10,12H,4,11H2,1-3H3,(H,13,15)(H,14,17)(H2,18,19,20)/t5-,6-,10?/m0/s1. The second kappa shape index (κ2) is 8.20. The molecule has 0 spiro atoms. The quantitative estimate of drug-likeness (QED) is 0.261. The molecule has 3 atom stereocenters. The molecule has 0 bridgehead atoms. The van der Waals surface area contributed by atoms with E-state index in [1.165, 1.54) is 20.9 Å². The molecule has 0 radical (unpaired) electrons. The fourth-order valence-corrected chi connectivity index (χ4v) is 2.20. The molecule has 0 fully saturated rings. The first kappa shape index (κ1) is 19.7. The maximum atomic E-state index is 12.0. The predicted molar refractivity (Wildman–Crippen MR) is 74.2 cm³/mol. The van der Waals surface area contributed by atoms with Crippen molar-refractivity contribution in [3.05, 3.63) is 0 Å². The van der Waals surface area contributed by atoms with Gasteiger partial charge >= 0.3 is 7.60 Å². The summed E-state index contributed by atoms with van der Waals surface area (Å²) < 4.78 is 11.3. The minimum atomic E-state index is -4.94. The molecule has 0 aromatic carbocycles. The van der Waals surface area contributed by atoms with Crippen LogP contribution in [0.4, 0.5) is 0 Å². The Hall–Kier alpha value is -1.32. The van der Waals surface area contributed by atoms with Crippen molar-refractivity contribution in [3.63, 3.8) is 0 Å². The summed E-state index contributed by atoms with van der Waals surface area (Å²) in [4.78, 5) is 53.1. The highest BCUT2D eigenvalue weighted by Crippen LogP contribution is 2.40. The van der Waals surface area contributed by atoms with E-state index in [9.17, 15) is 28.7 Å². The average molecular weight is 324 g/mol. The van der Waals surface area contributed by atoms with Crippen LogP contribution in [0.5, 0.6) is 0 Å². The highest BCUT2D eigenvalue weighted by Gasteiger charge is 2.39. The van der Waals surface area contributed by atoms with Crippen molar-refractivity contribution in [3.8, 4) is 0 Å². The summed E-state index contributed by atoms with van der Waals surface area (Å²) in [6.07, 6.45) is 0. The normalized spacial score (nSPS) is 15.7. The van der Waals surface area contributed by atoms with Crippen LogP contribution in [0, 0.1) is 0 Å². The lowest BCUT2D eigenvalue weighted by Crippen LogP contribution is -2.53. The number of ketones is 1. The van der Waals surface area contributed by atoms with Gasteiger partial charge in [-0.25, -0.2) is 0 Å². The second-order valence-corrected chi connectivity index (χ2v) is 6.21. The molecule has 0 aliphatic carbocycles. The first-order valence-corrected chi connectivity index (χ1v) is 7.77. The van der Waals surface area contributed by atoms with Crippen LogP contribution in [0.25, 0.3) is 0 Å². The van der Waals surface area contributed by atoms with Crippen molar-refractivity contribution in [1.82, 2.24) is 16.0 Å². The Morgan fingerprint density at radius 1 is 1.19 bits per heavy atom. The molecule has 11 heteroatoms.